The van der Waals surface area contributed by atoms with Crippen molar-refractivity contribution in [3.63, 3.8) is 0 Å². The van der Waals surface area contributed by atoms with Crippen molar-refractivity contribution in [3.05, 3.63) is 59.0 Å². The van der Waals surface area contributed by atoms with Gasteiger partial charge in [0.1, 0.15) is 5.00 Å². The molecule has 2 amide bonds. The van der Waals surface area contributed by atoms with Crippen LogP contribution in [0.25, 0.3) is 0 Å². The predicted octanol–water partition coefficient (Wildman–Crippen LogP) is 4.73. The van der Waals surface area contributed by atoms with Gasteiger partial charge in [0.05, 0.1) is 17.4 Å². The van der Waals surface area contributed by atoms with E-state index in [1.807, 2.05) is 38.1 Å². The summed E-state index contributed by atoms with van der Waals surface area (Å²) in [6.45, 7) is 4.03. The minimum absolute atomic E-state index is 0.193. The second-order valence-electron chi connectivity index (χ2n) is 7.35. The zero-order valence-corrected chi connectivity index (χ0v) is 17.2. The highest BCUT2D eigenvalue weighted by Gasteiger charge is 2.34. The fraction of sp³-hybridized carbons (Fsp3) is 0.318. The number of anilines is 2. The van der Waals surface area contributed by atoms with Gasteiger partial charge in [-0.3, -0.25) is 14.4 Å². The van der Waals surface area contributed by atoms with Crippen molar-refractivity contribution in [2.24, 2.45) is 11.8 Å². The molecule has 3 N–H and O–H groups in total. The van der Waals surface area contributed by atoms with E-state index in [0.717, 1.165) is 4.88 Å². The van der Waals surface area contributed by atoms with Crippen LogP contribution in [0.15, 0.2) is 48.6 Å². The van der Waals surface area contributed by atoms with Gasteiger partial charge >= 0.3 is 5.97 Å². The van der Waals surface area contributed by atoms with Crippen molar-refractivity contribution in [2.45, 2.75) is 32.6 Å². The quantitative estimate of drug-likeness (QED) is 0.598. The second kappa shape index (κ2) is 9.05. The smallest absolute Gasteiger partial charge is 0.307 e. The number of carboxylic acid groups (broad SMARTS) is 1. The summed E-state index contributed by atoms with van der Waals surface area (Å²) in [5, 5.41) is 15.6. The van der Waals surface area contributed by atoms with E-state index in [9.17, 15) is 19.5 Å². The molecule has 0 spiro atoms. The number of thiophene rings is 1. The Balaban J connectivity index is 1.84. The summed E-state index contributed by atoms with van der Waals surface area (Å²) in [5.74, 6) is -2.89. The molecule has 7 heteroatoms. The van der Waals surface area contributed by atoms with E-state index in [-0.39, 0.29) is 17.7 Å². The number of hydrogen-bond donors (Lipinski definition) is 3. The first-order chi connectivity index (χ1) is 13.9. The van der Waals surface area contributed by atoms with Crippen LogP contribution < -0.4 is 10.6 Å². The maximum absolute atomic E-state index is 12.9. The van der Waals surface area contributed by atoms with Crippen LogP contribution in [0.4, 0.5) is 10.7 Å². The number of para-hydroxylation sites is 1. The van der Waals surface area contributed by atoms with Crippen molar-refractivity contribution >= 4 is 39.8 Å². The van der Waals surface area contributed by atoms with Gasteiger partial charge in [0.25, 0.3) is 5.91 Å². The Morgan fingerprint density at radius 1 is 1.03 bits per heavy atom. The molecule has 1 aromatic heterocycles. The number of carboxylic acids is 1. The van der Waals surface area contributed by atoms with E-state index in [4.69, 9.17) is 0 Å². The number of aliphatic carboxylic acids is 1. The van der Waals surface area contributed by atoms with Gasteiger partial charge in [-0.2, -0.15) is 0 Å². The number of rotatable bonds is 6. The fourth-order valence-corrected chi connectivity index (χ4v) is 4.32. The van der Waals surface area contributed by atoms with Crippen LogP contribution in [0.1, 0.15) is 47.8 Å². The molecule has 6 nitrogen and oxygen atoms in total. The minimum atomic E-state index is -0.981. The van der Waals surface area contributed by atoms with E-state index in [1.54, 1.807) is 24.3 Å². The lowest BCUT2D eigenvalue weighted by Crippen LogP contribution is -2.34. The highest BCUT2D eigenvalue weighted by molar-refractivity contribution is 7.16. The van der Waals surface area contributed by atoms with Gasteiger partial charge in [-0.25, -0.2) is 0 Å². The lowest BCUT2D eigenvalue weighted by Gasteiger charge is -2.24. The molecule has 2 atom stereocenters. The normalized spacial score (nSPS) is 18.4. The predicted molar refractivity (Wildman–Crippen MR) is 114 cm³/mol. The summed E-state index contributed by atoms with van der Waals surface area (Å²) in [6.07, 6.45) is 4.33. The molecule has 0 saturated carbocycles. The Kier molecular flexibility index (Phi) is 6.49. The Hall–Kier alpha value is -2.93. The Labute approximate surface area is 173 Å². The summed E-state index contributed by atoms with van der Waals surface area (Å²) in [4.78, 5) is 38.2. The van der Waals surface area contributed by atoms with E-state index >= 15 is 0 Å². The van der Waals surface area contributed by atoms with E-state index in [1.165, 1.54) is 11.3 Å². The van der Waals surface area contributed by atoms with Crippen molar-refractivity contribution < 1.29 is 19.5 Å². The number of carbonyl (C=O) groups is 3. The maximum Gasteiger partial charge on any atom is 0.307 e. The molecular formula is C22H24N2O4S. The van der Waals surface area contributed by atoms with Crippen LogP contribution in [0.5, 0.6) is 0 Å². The highest BCUT2D eigenvalue weighted by Crippen LogP contribution is 2.35. The third-order valence-corrected chi connectivity index (χ3v) is 6.27. The molecule has 0 radical (unpaired) electrons. The molecule has 1 aliphatic carbocycles. The summed E-state index contributed by atoms with van der Waals surface area (Å²) in [5.41, 5.74) is 1.05. The molecule has 1 heterocycles. The Morgan fingerprint density at radius 3 is 2.31 bits per heavy atom. The van der Waals surface area contributed by atoms with E-state index in [2.05, 4.69) is 10.6 Å². The molecular weight excluding hydrogens is 388 g/mol. The zero-order chi connectivity index (χ0) is 21.0. The fourth-order valence-electron chi connectivity index (χ4n) is 3.26. The summed E-state index contributed by atoms with van der Waals surface area (Å²) in [7, 11) is 0. The third-order valence-electron chi connectivity index (χ3n) is 4.92. The molecule has 0 aliphatic heterocycles. The van der Waals surface area contributed by atoms with Crippen LogP contribution in [0.2, 0.25) is 0 Å². The molecule has 3 rings (SSSR count). The van der Waals surface area contributed by atoms with Gasteiger partial charge in [0, 0.05) is 10.6 Å². The number of carbonyl (C=O) groups excluding carboxylic acids is 2. The van der Waals surface area contributed by atoms with Crippen molar-refractivity contribution in [2.75, 3.05) is 10.6 Å². The largest absolute Gasteiger partial charge is 0.481 e. The average molecular weight is 413 g/mol. The molecule has 1 aromatic carbocycles. The van der Waals surface area contributed by atoms with Crippen molar-refractivity contribution in [1.82, 2.24) is 0 Å². The standard InChI is InChI=1S/C22H24N2O4S/c1-13(2)18-12-17(20(26)23-14-8-4-3-5-9-14)21(29-18)24-19(25)15-10-6-7-11-16(15)22(27)28/h3-9,12-13,15-16H,10-11H2,1-2H3,(H,23,26)(H,24,25)(H,27,28)/t15-,16+/m1/s1. The maximum atomic E-state index is 12.9. The van der Waals surface area contributed by atoms with Crippen molar-refractivity contribution in [3.8, 4) is 0 Å². The Morgan fingerprint density at radius 2 is 1.69 bits per heavy atom. The van der Waals surface area contributed by atoms with Gasteiger partial charge in [0.2, 0.25) is 5.91 Å². The first-order valence-corrected chi connectivity index (χ1v) is 10.4. The topological polar surface area (TPSA) is 95.5 Å². The molecule has 29 heavy (non-hydrogen) atoms. The van der Waals surface area contributed by atoms with Crippen LogP contribution in [0.3, 0.4) is 0 Å². The Bertz CT molecular complexity index is 934. The lowest BCUT2D eigenvalue weighted by atomic mass is 9.82. The molecule has 1 aliphatic rings. The van der Waals surface area contributed by atoms with Crippen LogP contribution in [-0.2, 0) is 9.59 Å². The average Bonchev–Trinajstić information content (AvgIpc) is 3.13. The van der Waals surface area contributed by atoms with Gasteiger partial charge in [-0.05, 0) is 37.0 Å². The monoisotopic (exact) mass is 412 g/mol. The van der Waals surface area contributed by atoms with E-state index in [0.29, 0.717) is 29.1 Å². The number of benzene rings is 1. The second-order valence-corrected chi connectivity index (χ2v) is 8.43. The SMILES string of the molecule is CC(C)c1cc(C(=O)Nc2ccccc2)c(NC(=O)[C@@H]2CC=CC[C@@H]2C(=O)O)s1. The van der Waals surface area contributed by atoms with Crippen molar-refractivity contribution in [1.29, 1.82) is 0 Å². The number of nitrogens with one attached hydrogen (secondary N) is 2. The summed E-state index contributed by atoms with van der Waals surface area (Å²) in [6, 6.07) is 10.9. The lowest BCUT2D eigenvalue weighted by molar-refractivity contribution is -0.146. The summed E-state index contributed by atoms with van der Waals surface area (Å²) < 4.78 is 0. The first kappa shape index (κ1) is 20.8. The van der Waals surface area contributed by atoms with Gasteiger partial charge in [0.15, 0.2) is 0 Å². The van der Waals surface area contributed by atoms with Crippen LogP contribution in [0, 0.1) is 11.8 Å². The van der Waals surface area contributed by atoms with E-state index < -0.39 is 17.8 Å². The minimum Gasteiger partial charge on any atom is -0.481 e. The molecule has 0 saturated heterocycles. The number of allylic oxidation sites excluding steroid dienone is 2. The third kappa shape index (κ3) is 4.92. The molecule has 0 bridgehead atoms. The molecule has 2 aromatic rings. The molecule has 0 unspecified atom stereocenters. The van der Waals surface area contributed by atoms with Gasteiger partial charge in [-0.15, -0.1) is 11.3 Å². The van der Waals surface area contributed by atoms with Gasteiger partial charge < -0.3 is 15.7 Å². The number of amides is 2. The highest BCUT2D eigenvalue weighted by atomic mass is 32.1. The van der Waals surface area contributed by atoms with Gasteiger partial charge in [-0.1, -0.05) is 44.2 Å². The van der Waals surface area contributed by atoms with Crippen LogP contribution in [-0.4, -0.2) is 22.9 Å². The molecule has 0 fully saturated rings. The number of hydrogen-bond acceptors (Lipinski definition) is 4. The zero-order valence-electron chi connectivity index (χ0n) is 16.3. The molecule has 152 valence electrons. The first-order valence-electron chi connectivity index (χ1n) is 9.55. The summed E-state index contributed by atoms with van der Waals surface area (Å²) >= 11 is 1.35. The van der Waals surface area contributed by atoms with Crippen LogP contribution >= 0.6 is 11.3 Å².